The van der Waals surface area contributed by atoms with Gasteiger partial charge < -0.3 is 5.73 Å². The second-order valence-corrected chi connectivity index (χ2v) is 6.94. The van der Waals surface area contributed by atoms with Crippen molar-refractivity contribution >= 4 is 60.9 Å². The lowest BCUT2D eigenvalue weighted by Crippen LogP contribution is -2.11. The van der Waals surface area contributed by atoms with Gasteiger partial charge in [0.1, 0.15) is 17.5 Å². The van der Waals surface area contributed by atoms with E-state index in [0.29, 0.717) is 17.4 Å². The number of fused-ring (bicyclic) bond motifs is 1. The van der Waals surface area contributed by atoms with Gasteiger partial charge in [-0.15, -0.1) is 0 Å². The van der Waals surface area contributed by atoms with Crippen LogP contribution in [0.15, 0.2) is 38.2 Å². The Morgan fingerprint density at radius 1 is 1.08 bits per heavy atom. The van der Waals surface area contributed by atoms with Crippen LogP contribution in [-0.4, -0.2) is 5.84 Å². The molecular formula is C17H16Br2Cl2FN3. The minimum absolute atomic E-state index is 0. The summed E-state index contributed by atoms with van der Waals surface area (Å²) in [6.07, 6.45) is 0. The molecule has 0 unspecified atom stereocenters. The summed E-state index contributed by atoms with van der Waals surface area (Å²) in [6.45, 7) is 0.627. The molecule has 0 aromatic heterocycles. The number of amidine groups is 1. The van der Waals surface area contributed by atoms with Gasteiger partial charge in [-0.3, -0.25) is 4.99 Å². The summed E-state index contributed by atoms with van der Waals surface area (Å²) in [5, 5.41) is 9.23. The number of hydrogen-bond donors (Lipinski definition) is 1. The zero-order chi connectivity index (χ0) is 17.1. The zero-order valence-corrected chi connectivity index (χ0v) is 16.1. The molecule has 0 radical (unpaired) electrons. The van der Waals surface area contributed by atoms with E-state index in [4.69, 9.17) is 34.2 Å². The minimum atomic E-state index is -0.611. The molecule has 2 aromatic rings. The highest BCUT2D eigenvalue weighted by Crippen LogP contribution is 2.31. The maximum absolute atomic E-state index is 12.9. The first-order valence-electron chi connectivity index (χ1n) is 6.17. The second kappa shape index (κ2) is 10.1. The molecule has 0 saturated carbocycles. The SMILES string of the molecule is C.C.N#Cc1c(Cl)ccc(Br)c1F.NC1=NCc2c(Br)ccc(Cl)c21. The average Bonchev–Trinajstić information content (AvgIpc) is 2.92. The molecular weight excluding hydrogens is 496 g/mol. The van der Waals surface area contributed by atoms with E-state index in [-0.39, 0.29) is 29.9 Å². The first-order valence-corrected chi connectivity index (χ1v) is 8.51. The van der Waals surface area contributed by atoms with E-state index in [2.05, 4.69) is 36.9 Å². The summed E-state index contributed by atoms with van der Waals surface area (Å²) in [5.41, 5.74) is 7.50. The molecule has 0 spiro atoms. The lowest BCUT2D eigenvalue weighted by atomic mass is 10.1. The molecule has 0 saturated heterocycles. The van der Waals surface area contributed by atoms with Crippen LogP contribution in [0.25, 0.3) is 0 Å². The topological polar surface area (TPSA) is 62.2 Å². The molecule has 1 aliphatic rings. The van der Waals surface area contributed by atoms with Crippen molar-refractivity contribution in [3.63, 3.8) is 0 Å². The quantitative estimate of drug-likeness (QED) is 0.400. The van der Waals surface area contributed by atoms with Crippen molar-refractivity contribution in [3.8, 4) is 6.07 Å². The molecule has 134 valence electrons. The van der Waals surface area contributed by atoms with Crippen molar-refractivity contribution in [1.82, 2.24) is 0 Å². The van der Waals surface area contributed by atoms with Crippen LogP contribution in [0.1, 0.15) is 31.5 Å². The largest absolute Gasteiger partial charge is 0.383 e. The Balaban J connectivity index is 0.000000429. The van der Waals surface area contributed by atoms with E-state index in [0.717, 1.165) is 15.6 Å². The van der Waals surface area contributed by atoms with E-state index < -0.39 is 5.82 Å². The smallest absolute Gasteiger partial charge is 0.156 e. The van der Waals surface area contributed by atoms with Gasteiger partial charge in [0.15, 0.2) is 5.82 Å². The summed E-state index contributed by atoms with van der Waals surface area (Å²) >= 11 is 17.8. The number of nitrogens with zero attached hydrogens (tertiary/aromatic N) is 2. The lowest BCUT2D eigenvalue weighted by Gasteiger charge is -2.03. The average molecular weight is 512 g/mol. The predicted molar refractivity (Wildman–Crippen MR) is 111 cm³/mol. The third kappa shape index (κ3) is 5.18. The monoisotopic (exact) mass is 509 g/mol. The molecule has 2 aromatic carbocycles. The van der Waals surface area contributed by atoms with Gasteiger partial charge in [-0.25, -0.2) is 4.39 Å². The molecule has 25 heavy (non-hydrogen) atoms. The van der Waals surface area contributed by atoms with Crippen LogP contribution in [-0.2, 0) is 6.54 Å². The van der Waals surface area contributed by atoms with Crippen LogP contribution < -0.4 is 5.73 Å². The van der Waals surface area contributed by atoms with Gasteiger partial charge in [0.2, 0.25) is 0 Å². The highest BCUT2D eigenvalue weighted by Gasteiger charge is 2.18. The fraction of sp³-hybridized carbons (Fsp3) is 0.176. The van der Waals surface area contributed by atoms with Crippen LogP contribution in [0.5, 0.6) is 0 Å². The van der Waals surface area contributed by atoms with Gasteiger partial charge in [-0.2, -0.15) is 5.26 Å². The maximum Gasteiger partial charge on any atom is 0.156 e. The number of aliphatic imine (C=N–C) groups is 1. The molecule has 0 aliphatic carbocycles. The molecule has 1 aliphatic heterocycles. The number of nitriles is 1. The Bertz CT molecular complexity index is 849. The Labute approximate surface area is 173 Å². The Hall–Kier alpha value is -1.13. The van der Waals surface area contributed by atoms with Crippen molar-refractivity contribution in [2.24, 2.45) is 10.7 Å². The number of hydrogen-bond acceptors (Lipinski definition) is 3. The third-order valence-corrected chi connectivity index (χ3v) is 5.01. The molecule has 3 rings (SSSR count). The van der Waals surface area contributed by atoms with Crippen molar-refractivity contribution in [1.29, 1.82) is 5.26 Å². The van der Waals surface area contributed by atoms with Crippen LogP contribution in [0, 0.1) is 17.1 Å². The first kappa shape index (κ1) is 23.9. The summed E-state index contributed by atoms with van der Waals surface area (Å²) in [4.78, 5) is 4.11. The van der Waals surface area contributed by atoms with Crippen molar-refractivity contribution in [2.75, 3.05) is 0 Å². The summed E-state index contributed by atoms with van der Waals surface area (Å²) in [7, 11) is 0. The van der Waals surface area contributed by atoms with Crippen LogP contribution in [0.4, 0.5) is 4.39 Å². The van der Waals surface area contributed by atoms with Gasteiger partial charge in [-0.05, 0) is 40.2 Å². The number of rotatable bonds is 0. The Morgan fingerprint density at radius 3 is 2.16 bits per heavy atom. The van der Waals surface area contributed by atoms with E-state index >= 15 is 0 Å². The highest BCUT2D eigenvalue weighted by atomic mass is 79.9. The summed E-state index contributed by atoms with van der Waals surface area (Å²) in [5.74, 6) is -0.0729. The standard InChI is InChI=1S/C8H6BrClN2.C7H2BrClFN.2CH4/c9-5-1-2-6(10)7-4(5)3-12-8(7)11;8-5-1-2-6(9)4(3-11)7(5)10;;/h1-2H,3H2,(H2,11,12);1-2H;2*1H4. The third-order valence-electron chi connectivity index (χ3n) is 3.02. The van der Waals surface area contributed by atoms with E-state index in [9.17, 15) is 4.39 Å². The van der Waals surface area contributed by atoms with E-state index in [1.54, 1.807) is 6.07 Å². The fourth-order valence-electron chi connectivity index (χ4n) is 1.90. The second-order valence-electron chi connectivity index (χ2n) is 4.41. The van der Waals surface area contributed by atoms with Crippen LogP contribution in [0.2, 0.25) is 10.0 Å². The number of nitrogens with two attached hydrogens (primary N) is 1. The molecule has 3 nitrogen and oxygen atoms in total. The van der Waals surface area contributed by atoms with Gasteiger partial charge in [0.05, 0.1) is 21.1 Å². The number of halogens is 5. The van der Waals surface area contributed by atoms with E-state index in [1.165, 1.54) is 12.1 Å². The van der Waals surface area contributed by atoms with Crippen molar-refractivity contribution in [2.45, 2.75) is 21.4 Å². The van der Waals surface area contributed by atoms with Gasteiger partial charge in [-0.1, -0.05) is 54.0 Å². The van der Waals surface area contributed by atoms with Crippen LogP contribution >= 0.6 is 55.1 Å². The first-order chi connectivity index (χ1) is 10.9. The zero-order valence-electron chi connectivity index (χ0n) is 11.4. The molecule has 0 atom stereocenters. The van der Waals surface area contributed by atoms with Crippen LogP contribution in [0.3, 0.4) is 0 Å². The fourth-order valence-corrected chi connectivity index (χ4v) is 3.15. The molecule has 1 heterocycles. The molecule has 0 amide bonds. The molecule has 0 fully saturated rings. The van der Waals surface area contributed by atoms with Gasteiger partial charge in [0.25, 0.3) is 0 Å². The van der Waals surface area contributed by atoms with Gasteiger partial charge in [0, 0.05) is 15.6 Å². The highest BCUT2D eigenvalue weighted by molar-refractivity contribution is 9.10. The lowest BCUT2D eigenvalue weighted by molar-refractivity contribution is 0.617. The molecule has 2 N–H and O–H groups in total. The van der Waals surface area contributed by atoms with Crippen molar-refractivity contribution in [3.05, 3.63) is 65.8 Å². The Kier molecular flexibility index (Phi) is 9.67. The minimum Gasteiger partial charge on any atom is -0.383 e. The summed E-state index contributed by atoms with van der Waals surface area (Å²) < 4.78 is 14.2. The molecule has 0 bridgehead atoms. The van der Waals surface area contributed by atoms with E-state index in [1.807, 2.05) is 12.1 Å². The summed E-state index contributed by atoms with van der Waals surface area (Å²) in [6, 6.07) is 8.32. The predicted octanol–water partition coefficient (Wildman–Crippen LogP) is 6.71. The van der Waals surface area contributed by atoms with Gasteiger partial charge >= 0.3 is 0 Å². The number of benzene rings is 2. The normalized spacial score (nSPS) is 11.0. The molecule has 8 heteroatoms. The maximum atomic E-state index is 12.9. The van der Waals surface area contributed by atoms with Crippen molar-refractivity contribution < 1.29 is 4.39 Å². The Morgan fingerprint density at radius 2 is 1.64 bits per heavy atom.